The molecule has 128 valence electrons. The van der Waals surface area contributed by atoms with Crippen LogP contribution in [0.4, 0.5) is 10.5 Å². The first-order valence-electron chi connectivity index (χ1n) is 7.31. The topological polar surface area (TPSA) is 104 Å². The number of carbonyl (C=O) groups excluding carboxylic acids is 2. The summed E-state index contributed by atoms with van der Waals surface area (Å²) in [5, 5.41) is 7.78. The third-order valence-electron chi connectivity index (χ3n) is 3.26. The van der Waals surface area contributed by atoms with E-state index in [0.29, 0.717) is 5.69 Å². The van der Waals surface area contributed by atoms with E-state index >= 15 is 0 Å². The molecule has 3 N–H and O–H groups in total. The molecule has 0 aromatic heterocycles. The van der Waals surface area contributed by atoms with Gasteiger partial charge in [0.2, 0.25) is 5.91 Å². The van der Waals surface area contributed by atoms with Crippen molar-refractivity contribution in [2.24, 2.45) is 0 Å². The van der Waals surface area contributed by atoms with Crippen LogP contribution in [0.5, 0.6) is 0 Å². The monoisotopic (exact) mass is 341 g/mol. The number of hydrogen-bond acceptors (Lipinski definition) is 4. The predicted molar refractivity (Wildman–Crippen MR) is 89.1 cm³/mol. The Kier molecular flexibility index (Phi) is 6.56. The molecule has 0 radical (unpaired) electrons. The first kappa shape index (κ1) is 19.0. The molecule has 7 nitrogen and oxygen atoms in total. The molecule has 0 bridgehead atoms. The molecule has 0 heterocycles. The van der Waals surface area contributed by atoms with Gasteiger partial charge in [-0.05, 0) is 38.5 Å². The van der Waals surface area contributed by atoms with Crippen LogP contribution in [0.25, 0.3) is 0 Å². The molecule has 1 rings (SSSR count). The molecule has 0 spiro atoms. The van der Waals surface area contributed by atoms with E-state index in [1.165, 1.54) is 18.2 Å². The van der Waals surface area contributed by atoms with Crippen molar-refractivity contribution in [1.29, 1.82) is 0 Å². The van der Waals surface area contributed by atoms with Crippen molar-refractivity contribution in [2.75, 3.05) is 11.6 Å². The second-order valence-electron chi connectivity index (χ2n) is 5.44. The van der Waals surface area contributed by atoms with Crippen LogP contribution in [-0.2, 0) is 14.6 Å². The van der Waals surface area contributed by atoms with E-state index in [2.05, 4.69) is 16.0 Å². The van der Waals surface area contributed by atoms with Gasteiger partial charge in [0.05, 0.1) is 4.90 Å². The second kappa shape index (κ2) is 7.96. The lowest BCUT2D eigenvalue weighted by atomic mass is 10.2. The number of carbonyl (C=O) groups is 2. The third-order valence-corrected chi connectivity index (χ3v) is 4.37. The SMILES string of the molecule is CC[C@H](C)NC(=O)[C@@H](C)NC(=O)Nc1cccc(S(C)(=O)=O)c1. The van der Waals surface area contributed by atoms with Crippen molar-refractivity contribution in [3.63, 3.8) is 0 Å². The Labute approximate surface area is 136 Å². The average molecular weight is 341 g/mol. The van der Waals surface area contributed by atoms with Gasteiger partial charge in [0.15, 0.2) is 9.84 Å². The first-order chi connectivity index (χ1) is 10.6. The summed E-state index contributed by atoms with van der Waals surface area (Å²) in [6, 6.07) is 4.65. The summed E-state index contributed by atoms with van der Waals surface area (Å²) in [7, 11) is -3.35. The Bertz CT molecular complexity index is 673. The molecule has 3 amide bonds. The molecular weight excluding hydrogens is 318 g/mol. The predicted octanol–water partition coefficient (Wildman–Crippen LogP) is 1.51. The molecule has 1 aromatic rings. The van der Waals surface area contributed by atoms with Gasteiger partial charge in [0.1, 0.15) is 6.04 Å². The highest BCUT2D eigenvalue weighted by Gasteiger charge is 2.17. The Hall–Kier alpha value is -2.09. The zero-order valence-corrected chi connectivity index (χ0v) is 14.5. The van der Waals surface area contributed by atoms with Crippen molar-refractivity contribution >= 4 is 27.5 Å². The molecule has 23 heavy (non-hydrogen) atoms. The van der Waals surface area contributed by atoms with Gasteiger partial charge < -0.3 is 16.0 Å². The van der Waals surface area contributed by atoms with Crippen molar-refractivity contribution < 1.29 is 18.0 Å². The normalized spacial score (nSPS) is 13.7. The van der Waals surface area contributed by atoms with Gasteiger partial charge in [0, 0.05) is 18.0 Å². The second-order valence-corrected chi connectivity index (χ2v) is 7.45. The molecule has 0 aliphatic rings. The number of hydrogen-bond donors (Lipinski definition) is 3. The van der Waals surface area contributed by atoms with Crippen LogP contribution in [0.2, 0.25) is 0 Å². The lowest BCUT2D eigenvalue weighted by molar-refractivity contribution is -0.123. The van der Waals surface area contributed by atoms with E-state index in [-0.39, 0.29) is 16.8 Å². The van der Waals surface area contributed by atoms with E-state index in [1.54, 1.807) is 13.0 Å². The Morgan fingerprint density at radius 2 is 1.83 bits per heavy atom. The summed E-state index contributed by atoms with van der Waals surface area (Å²) < 4.78 is 23.0. The molecule has 0 unspecified atom stereocenters. The minimum Gasteiger partial charge on any atom is -0.352 e. The van der Waals surface area contributed by atoms with Crippen LogP contribution in [0.1, 0.15) is 27.2 Å². The number of rotatable bonds is 6. The summed E-state index contributed by atoms with van der Waals surface area (Å²) in [5.74, 6) is -0.278. The summed E-state index contributed by atoms with van der Waals surface area (Å²) in [5.41, 5.74) is 0.333. The van der Waals surface area contributed by atoms with Crippen LogP contribution >= 0.6 is 0 Å². The summed E-state index contributed by atoms with van der Waals surface area (Å²) in [6.07, 6.45) is 1.89. The molecule has 0 aliphatic carbocycles. The van der Waals surface area contributed by atoms with Crippen molar-refractivity contribution in [3.8, 4) is 0 Å². The van der Waals surface area contributed by atoms with Crippen LogP contribution in [0.15, 0.2) is 29.2 Å². The van der Waals surface area contributed by atoms with Crippen molar-refractivity contribution in [1.82, 2.24) is 10.6 Å². The minimum absolute atomic E-state index is 0.0289. The van der Waals surface area contributed by atoms with Gasteiger partial charge in [-0.2, -0.15) is 0 Å². The smallest absolute Gasteiger partial charge is 0.319 e. The van der Waals surface area contributed by atoms with Crippen molar-refractivity contribution in [2.45, 2.75) is 44.2 Å². The highest BCUT2D eigenvalue weighted by Crippen LogP contribution is 2.15. The summed E-state index contributed by atoms with van der Waals surface area (Å²) in [4.78, 5) is 23.9. The zero-order valence-electron chi connectivity index (χ0n) is 13.7. The fraction of sp³-hybridized carbons (Fsp3) is 0.467. The number of urea groups is 1. The quantitative estimate of drug-likeness (QED) is 0.729. The molecule has 0 saturated heterocycles. The molecule has 2 atom stereocenters. The fourth-order valence-corrected chi connectivity index (χ4v) is 2.37. The van der Waals surface area contributed by atoms with Crippen molar-refractivity contribution in [3.05, 3.63) is 24.3 Å². The Balaban J connectivity index is 2.65. The van der Waals surface area contributed by atoms with E-state index in [4.69, 9.17) is 0 Å². The number of sulfone groups is 1. The van der Waals surface area contributed by atoms with Gasteiger partial charge in [-0.1, -0.05) is 13.0 Å². The lowest BCUT2D eigenvalue weighted by Crippen LogP contribution is -2.48. The first-order valence-corrected chi connectivity index (χ1v) is 9.20. The van der Waals surface area contributed by atoms with Gasteiger partial charge in [0.25, 0.3) is 0 Å². The van der Waals surface area contributed by atoms with Gasteiger partial charge in [-0.15, -0.1) is 0 Å². The highest BCUT2D eigenvalue weighted by atomic mass is 32.2. The minimum atomic E-state index is -3.35. The van der Waals surface area contributed by atoms with Crippen LogP contribution < -0.4 is 16.0 Å². The Morgan fingerprint density at radius 3 is 2.39 bits per heavy atom. The van der Waals surface area contributed by atoms with Gasteiger partial charge in [-0.3, -0.25) is 4.79 Å². The van der Waals surface area contributed by atoms with Crippen LogP contribution in [0, 0.1) is 0 Å². The van der Waals surface area contributed by atoms with E-state index in [1.807, 2.05) is 13.8 Å². The third kappa shape index (κ3) is 6.27. The van der Waals surface area contributed by atoms with Gasteiger partial charge in [-0.25, -0.2) is 13.2 Å². The number of nitrogens with one attached hydrogen (secondary N) is 3. The average Bonchev–Trinajstić information content (AvgIpc) is 2.46. The van der Waals surface area contributed by atoms with E-state index in [0.717, 1.165) is 12.7 Å². The maximum atomic E-state index is 11.9. The maximum Gasteiger partial charge on any atom is 0.319 e. The Morgan fingerprint density at radius 1 is 1.17 bits per heavy atom. The summed E-state index contributed by atoms with van der Waals surface area (Å²) in [6.45, 7) is 5.40. The standard InChI is InChI=1S/C15H23N3O4S/c1-5-10(2)16-14(19)11(3)17-15(20)18-12-7-6-8-13(9-12)23(4,21)22/h6-11H,5H2,1-4H3,(H,16,19)(H2,17,18,20)/t10-,11+/m0/s1. The fourth-order valence-electron chi connectivity index (χ4n) is 1.70. The van der Waals surface area contributed by atoms with Crippen LogP contribution in [0.3, 0.4) is 0 Å². The molecule has 0 saturated carbocycles. The molecule has 1 aromatic carbocycles. The molecule has 0 aliphatic heterocycles. The highest BCUT2D eigenvalue weighted by molar-refractivity contribution is 7.90. The molecule has 8 heteroatoms. The molecule has 0 fully saturated rings. The van der Waals surface area contributed by atoms with Crippen LogP contribution in [-0.4, -0.2) is 38.7 Å². The number of anilines is 1. The van der Waals surface area contributed by atoms with E-state index < -0.39 is 21.9 Å². The maximum absolute atomic E-state index is 11.9. The largest absolute Gasteiger partial charge is 0.352 e. The molecular formula is C15H23N3O4S. The zero-order chi connectivity index (χ0) is 17.6. The number of amides is 3. The lowest BCUT2D eigenvalue weighted by Gasteiger charge is -2.17. The number of benzene rings is 1. The van der Waals surface area contributed by atoms with Gasteiger partial charge >= 0.3 is 6.03 Å². The van der Waals surface area contributed by atoms with E-state index in [9.17, 15) is 18.0 Å². The summed E-state index contributed by atoms with van der Waals surface area (Å²) >= 11 is 0.